The van der Waals surface area contributed by atoms with Crippen LogP contribution >= 0.6 is 0 Å². The molecule has 0 aromatic heterocycles. The van der Waals surface area contributed by atoms with Gasteiger partial charge in [0.1, 0.15) is 6.10 Å². The fourth-order valence-electron chi connectivity index (χ4n) is 4.51. The highest BCUT2D eigenvalue weighted by atomic mass is 16.5. The molecular formula is C27H33NO2. The van der Waals surface area contributed by atoms with Gasteiger partial charge >= 0.3 is 0 Å². The molecular weight excluding hydrogens is 370 g/mol. The van der Waals surface area contributed by atoms with Gasteiger partial charge in [-0.15, -0.1) is 0 Å². The number of unbranched alkanes of at least 4 members (excludes halogenated alkanes) is 1. The third-order valence-corrected chi connectivity index (χ3v) is 6.34. The predicted octanol–water partition coefficient (Wildman–Crippen LogP) is 5.96. The van der Waals surface area contributed by atoms with Crippen LogP contribution in [-0.2, 0) is 11.3 Å². The molecule has 0 spiro atoms. The molecule has 2 unspecified atom stereocenters. The molecule has 2 N–H and O–H groups in total. The molecule has 158 valence electrons. The van der Waals surface area contributed by atoms with Crippen LogP contribution in [0.15, 0.2) is 77.6 Å². The molecule has 4 rings (SSSR count). The maximum absolute atomic E-state index is 9.70. The first kappa shape index (κ1) is 20.9. The van der Waals surface area contributed by atoms with Crippen LogP contribution in [0.5, 0.6) is 0 Å². The fraction of sp³-hybridized carbons (Fsp3) is 0.407. The van der Waals surface area contributed by atoms with Gasteiger partial charge in [-0.25, -0.2) is 0 Å². The number of nitrogens with one attached hydrogen (secondary N) is 1. The number of aliphatic hydroxyl groups is 1. The van der Waals surface area contributed by atoms with Gasteiger partial charge in [-0.1, -0.05) is 67.9 Å². The van der Waals surface area contributed by atoms with Crippen molar-refractivity contribution in [3.05, 3.63) is 83.2 Å². The number of dihydropyridines is 1. The summed E-state index contributed by atoms with van der Waals surface area (Å²) >= 11 is 0. The largest absolute Gasteiger partial charge is 0.396 e. The van der Waals surface area contributed by atoms with Crippen LogP contribution in [0.4, 0.5) is 0 Å². The van der Waals surface area contributed by atoms with Crippen LogP contribution in [-0.4, -0.2) is 17.8 Å². The third kappa shape index (κ3) is 4.85. The van der Waals surface area contributed by atoms with Crippen molar-refractivity contribution in [2.45, 2.75) is 58.2 Å². The van der Waals surface area contributed by atoms with Crippen molar-refractivity contribution in [1.82, 2.24) is 5.32 Å². The van der Waals surface area contributed by atoms with E-state index < -0.39 is 0 Å². The van der Waals surface area contributed by atoms with E-state index >= 15 is 0 Å². The maximum atomic E-state index is 9.70. The van der Waals surface area contributed by atoms with E-state index in [1.54, 1.807) is 0 Å². The Kier molecular flexibility index (Phi) is 7.03. The quantitative estimate of drug-likeness (QED) is 0.571. The highest BCUT2D eigenvalue weighted by Crippen LogP contribution is 2.37. The third-order valence-electron chi connectivity index (χ3n) is 6.34. The molecule has 0 saturated carbocycles. The lowest BCUT2D eigenvalue weighted by Crippen LogP contribution is -2.33. The van der Waals surface area contributed by atoms with Gasteiger partial charge in [-0.3, -0.25) is 0 Å². The Morgan fingerprint density at radius 1 is 1.03 bits per heavy atom. The highest BCUT2D eigenvalue weighted by molar-refractivity contribution is 5.63. The molecule has 2 aromatic carbocycles. The lowest BCUT2D eigenvalue weighted by molar-refractivity contribution is 0.0738. The SMILES string of the molecule is CCCCC1=CNC2=C(CC(CO)CC2)C1OCc1ccc(-c2ccccc2)cc1. The maximum Gasteiger partial charge on any atom is 0.104 e. The van der Waals surface area contributed by atoms with Gasteiger partial charge in [-0.2, -0.15) is 0 Å². The first-order valence-electron chi connectivity index (χ1n) is 11.3. The molecule has 2 aromatic rings. The molecule has 0 radical (unpaired) electrons. The molecule has 1 heterocycles. The predicted molar refractivity (Wildman–Crippen MR) is 123 cm³/mol. The Morgan fingerprint density at radius 2 is 1.80 bits per heavy atom. The van der Waals surface area contributed by atoms with Crippen molar-refractivity contribution in [3.63, 3.8) is 0 Å². The number of benzene rings is 2. The number of ether oxygens (including phenoxy) is 1. The average Bonchev–Trinajstić information content (AvgIpc) is 2.82. The molecule has 0 amide bonds. The van der Waals surface area contributed by atoms with E-state index in [1.807, 2.05) is 6.07 Å². The summed E-state index contributed by atoms with van der Waals surface area (Å²) in [5.41, 5.74) is 7.67. The summed E-state index contributed by atoms with van der Waals surface area (Å²) < 4.78 is 6.54. The summed E-state index contributed by atoms with van der Waals surface area (Å²) in [6.07, 6.45) is 8.61. The van der Waals surface area contributed by atoms with Crippen molar-refractivity contribution in [2.24, 2.45) is 5.92 Å². The van der Waals surface area contributed by atoms with E-state index in [1.165, 1.54) is 46.4 Å². The van der Waals surface area contributed by atoms with E-state index in [0.717, 1.165) is 25.7 Å². The van der Waals surface area contributed by atoms with Crippen LogP contribution < -0.4 is 5.32 Å². The number of allylic oxidation sites excluding steroid dienone is 1. The number of hydrogen-bond acceptors (Lipinski definition) is 3. The number of aliphatic hydroxyl groups excluding tert-OH is 1. The number of rotatable bonds is 8. The van der Waals surface area contributed by atoms with Crippen molar-refractivity contribution >= 4 is 0 Å². The Morgan fingerprint density at radius 3 is 2.53 bits per heavy atom. The summed E-state index contributed by atoms with van der Waals surface area (Å²) in [4.78, 5) is 0. The monoisotopic (exact) mass is 403 g/mol. The normalized spacial score (nSPS) is 21.1. The summed E-state index contributed by atoms with van der Waals surface area (Å²) in [5, 5.41) is 13.2. The van der Waals surface area contributed by atoms with Crippen molar-refractivity contribution in [3.8, 4) is 11.1 Å². The molecule has 1 aliphatic carbocycles. The zero-order chi connectivity index (χ0) is 20.8. The van der Waals surface area contributed by atoms with Gasteiger partial charge in [-0.05, 0) is 65.9 Å². The van der Waals surface area contributed by atoms with Crippen LogP contribution in [0.25, 0.3) is 11.1 Å². The van der Waals surface area contributed by atoms with Crippen molar-refractivity contribution in [1.29, 1.82) is 0 Å². The van der Waals surface area contributed by atoms with Crippen LogP contribution in [0.1, 0.15) is 51.0 Å². The van der Waals surface area contributed by atoms with E-state index in [4.69, 9.17) is 4.74 Å². The summed E-state index contributed by atoms with van der Waals surface area (Å²) in [6, 6.07) is 19.2. The fourth-order valence-corrected chi connectivity index (χ4v) is 4.51. The molecule has 3 heteroatoms. The van der Waals surface area contributed by atoms with E-state index in [9.17, 15) is 5.11 Å². The second-order valence-corrected chi connectivity index (χ2v) is 8.52. The molecule has 3 nitrogen and oxygen atoms in total. The Labute approximate surface area is 180 Å². The Balaban J connectivity index is 1.47. The van der Waals surface area contributed by atoms with Gasteiger partial charge in [0, 0.05) is 18.5 Å². The highest BCUT2D eigenvalue weighted by Gasteiger charge is 2.31. The van der Waals surface area contributed by atoms with Gasteiger partial charge in [0.25, 0.3) is 0 Å². The van der Waals surface area contributed by atoms with E-state index in [-0.39, 0.29) is 12.7 Å². The molecule has 0 saturated heterocycles. The second-order valence-electron chi connectivity index (χ2n) is 8.52. The van der Waals surface area contributed by atoms with Gasteiger partial charge in [0.2, 0.25) is 0 Å². The summed E-state index contributed by atoms with van der Waals surface area (Å²) in [6.45, 7) is 3.09. The lowest BCUT2D eigenvalue weighted by Gasteiger charge is -2.36. The summed E-state index contributed by atoms with van der Waals surface area (Å²) in [5.74, 6) is 0.354. The zero-order valence-electron chi connectivity index (χ0n) is 17.9. The smallest absolute Gasteiger partial charge is 0.104 e. The Bertz CT molecular complexity index is 883. The van der Waals surface area contributed by atoms with Crippen molar-refractivity contribution in [2.75, 3.05) is 6.61 Å². The minimum absolute atomic E-state index is 0.0379. The van der Waals surface area contributed by atoms with Crippen LogP contribution in [0.3, 0.4) is 0 Å². The molecule has 2 aliphatic rings. The molecule has 0 bridgehead atoms. The number of hydrogen-bond donors (Lipinski definition) is 2. The van der Waals surface area contributed by atoms with Crippen LogP contribution in [0, 0.1) is 5.92 Å². The minimum Gasteiger partial charge on any atom is -0.396 e. The second kappa shape index (κ2) is 10.1. The first-order valence-corrected chi connectivity index (χ1v) is 11.3. The van der Waals surface area contributed by atoms with Gasteiger partial charge in [0.05, 0.1) is 6.61 Å². The van der Waals surface area contributed by atoms with Gasteiger partial charge < -0.3 is 15.2 Å². The van der Waals surface area contributed by atoms with Crippen LogP contribution in [0.2, 0.25) is 0 Å². The molecule has 1 aliphatic heterocycles. The first-order chi connectivity index (χ1) is 14.8. The standard InChI is InChI=1S/C27H33NO2/c1-2-3-7-24-17-28-26-15-12-21(18-29)16-25(26)27(24)30-19-20-10-13-23(14-11-20)22-8-5-4-6-9-22/h4-6,8-11,13-14,17,21,27-29H,2-3,7,12,15-16,18-19H2,1H3. The molecule has 2 atom stereocenters. The van der Waals surface area contributed by atoms with Gasteiger partial charge in [0.15, 0.2) is 0 Å². The average molecular weight is 404 g/mol. The van der Waals surface area contributed by atoms with E-state index in [0.29, 0.717) is 12.5 Å². The minimum atomic E-state index is 0.0379. The molecule has 0 fully saturated rings. The Hall–Kier alpha value is -2.36. The molecule has 30 heavy (non-hydrogen) atoms. The summed E-state index contributed by atoms with van der Waals surface area (Å²) in [7, 11) is 0. The van der Waals surface area contributed by atoms with E-state index in [2.05, 4.69) is 67.0 Å². The lowest BCUT2D eigenvalue weighted by atomic mass is 9.80. The van der Waals surface area contributed by atoms with Crippen molar-refractivity contribution < 1.29 is 9.84 Å². The zero-order valence-corrected chi connectivity index (χ0v) is 17.9. The topological polar surface area (TPSA) is 41.5 Å².